The van der Waals surface area contributed by atoms with E-state index >= 15 is 0 Å². The summed E-state index contributed by atoms with van der Waals surface area (Å²) in [6, 6.07) is 3.84. The van der Waals surface area contributed by atoms with Crippen molar-refractivity contribution in [3.05, 3.63) is 35.1 Å². The number of aryl methyl sites for hydroxylation is 1. The van der Waals surface area contributed by atoms with Crippen LogP contribution in [0, 0.1) is 6.92 Å². The van der Waals surface area contributed by atoms with Gasteiger partial charge in [0.15, 0.2) is 0 Å². The van der Waals surface area contributed by atoms with Crippen LogP contribution in [-0.4, -0.2) is 15.0 Å². The van der Waals surface area contributed by atoms with Crippen LogP contribution in [0.2, 0.25) is 0 Å². The first-order chi connectivity index (χ1) is 7.18. The van der Waals surface area contributed by atoms with Crippen LogP contribution < -0.4 is 5.73 Å². The molecule has 0 atom stereocenters. The predicted molar refractivity (Wildman–Crippen MR) is 66.0 cm³/mol. The fourth-order valence-corrected chi connectivity index (χ4v) is 2.44. The summed E-state index contributed by atoms with van der Waals surface area (Å²) < 4.78 is 0. The first kappa shape index (κ1) is 10.2. The van der Waals surface area contributed by atoms with Crippen molar-refractivity contribution in [1.82, 2.24) is 9.97 Å². The van der Waals surface area contributed by atoms with Gasteiger partial charge in [0, 0.05) is 18.0 Å². The topological polar surface area (TPSA) is 51.8 Å². The smallest absolute Gasteiger partial charge is 0.124 e. The van der Waals surface area contributed by atoms with Crippen LogP contribution in [0.25, 0.3) is 10.6 Å². The second-order valence-corrected chi connectivity index (χ2v) is 4.47. The van der Waals surface area contributed by atoms with Gasteiger partial charge in [0.05, 0.1) is 10.6 Å². The third kappa shape index (κ3) is 2.03. The first-order valence-corrected chi connectivity index (χ1v) is 5.58. The Hall–Kier alpha value is -1.33. The number of nitrogens with zero attached hydrogens (tertiary/aromatic N) is 2. The number of hydrogen-bond donors (Lipinski definition) is 1. The van der Waals surface area contributed by atoms with E-state index in [0.717, 1.165) is 21.1 Å². The van der Waals surface area contributed by atoms with E-state index in [2.05, 4.69) is 9.97 Å². The molecule has 2 rings (SSSR count). The molecular weight excluding hydrogens is 226 g/mol. The second-order valence-electron chi connectivity index (χ2n) is 3.03. The molecule has 2 aromatic heterocycles. The van der Waals surface area contributed by atoms with E-state index in [1.165, 1.54) is 11.3 Å². The zero-order valence-electron chi connectivity index (χ0n) is 8.10. The number of pyridine rings is 1. The molecule has 0 saturated carbocycles. The summed E-state index contributed by atoms with van der Waals surface area (Å²) in [5, 5.41) is 0.928. The molecule has 0 bridgehead atoms. The molecule has 0 spiro atoms. The van der Waals surface area contributed by atoms with Gasteiger partial charge in [0.25, 0.3) is 0 Å². The summed E-state index contributed by atoms with van der Waals surface area (Å²) >= 11 is 6.46. The number of rotatable bonds is 2. The Balaban J connectivity index is 2.48. The van der Waals surface area contributed by atoms with Gasteiger partial charge in [0.1, 0.15) is 10.00 Å². The molecule has 2 N–H and O–H groups in total. The highest BCUT2D eigenvalue weighted by atomic mass is 32.1. The van der Waals surface area contributed by atoms with Crippen molar-refractivity contribution in [1.29, 1.82) is 0 Å². The Labute approximate surface area is 97.0 Å². The molecule has 15 heavy (non-hydrogen) atoms. The van der Waals surface area contributed by atoms with E-state index in [9.17, 15) is 0 Å². The van der Waals surface area contributed by atoms with Crippen molar-refractivity contribution in [3.63, 3.8) is 0 Å². The van der Waals surface area contributed by atoms with E-state index in [4.69, 9.17) is 18.0 Å². The lowest BCUT2D eigenvalue weighted by molar-refractivity contribution is 1.25. The van der Waals surface area contributed by atoms with E-state index < -0.39 is 0 Å². The van der Waals surface area contributed by atoms with Crippen molar-refractivity contribution in [3.8, 4) is 10.6 Å². The van der Waals surface area contributed by atoms with Gasteiger partial charge in [-0.2, -0.15) is 0 Å². The SMILES string of the molecule is Cc1nc(-c2ccncc2)sc1C(N)=S. The molecule has 0 amide bonds. The number of thiazole rings is 1. The number of aromatic nitrogens is 2. The molecule has 0 aliphatic rings. The monoisotopic (exact) mass is 235 g/mol. The van der Waals surface area contributed by atoms with Crippen LogP contribution in [0.15, 0.2) is 24.5 Å². The largest absolute Gasteiger partial charge is 0.389 e. The highest BCUT2D eigenvalue weighted by Gasteiger charge is 2.10. The number of nitrogens with two attached hydrogens (primary N) is 1. The maximum absolute atomic E-state index is 5.60. The average Bonchev–Trinajstić information content (AvgIpc) is 2.62. The summed E-state index contributed by atoms with van der Waals surface area (Å²) in [6.45, 7) is 1.91. The van der Waals surface area contributed by atoms with Gasteiger partial charge in [0.2, 0.25) is 0 Å². The molecule has 5 heteroatoms. The molecule has 0 aliphatic carbocycles. The van der Waals surface area contributed by atoms with Gasteiger partial charge in [-0.05, 0) is 19.1 Å². The lowest BCUT2D eigenvalue weighted by Gasteiger charge is -1.92. The maximum atomic E-state index is 5.60. The molecular formula is C10H9N3S2. The fourth-order valence-electron chi connectivity index (χ4n) is 1.24. The Morgan fingerprint density at radius 2 is 2.07 bits per heavy atom. The molecule has 0 radical (unpaired) electrons. The van der Waals surface area contributed by atoms with Gasteiger partial charge in [-0.3, -0.25) is 4.98 Å². The standard InChI is InChI=1S/C10H9N3S2/c1-6-8(9(11)14)15-10(13-6)7-2-4-12-5-3-7/h2-5H,1H3,(H2,11,14). The van der Waals surface area contributed by atoms with Gasteiger partial charge in [-0.15, -0.1) is 11.3 Å². The normalized spacial score (nSPS) is 10.2. The van der Waals surface area contributed by atoms with Crippen molar-refractivity contribution in [2.75, 3.05) is 0 Å². The molecule has 3 nitrogen and oxygen atoms in total. The molecule has 76 valence electrons. The van der Waals surface area contributed by atoms with Gasteiger partial charge in [-0.25, -0.2) is 4.98 Å². The maximum Gasteiger partial charge on any atom is 0.124 e. The Morgan fingerprint density at radius 1 is 1.40 bits per heavy atom. The molecule has 0 aromatic carbocycles. The first-order valence-electron chi connectivity index (χ1n) is 4.36. The summed E-state index contributed by atoms with van der Waals surface area (Å²) in [4.78, 5) is 9.68. The summed E-state index contributed by atoms with van der Waals surface area (Å²) in [7, 11) is 0. The van der Waals surface area contributed by atoms with Crippen LogP contribution in [0.5, 0.6) is 0 Å². The Morgan fingerprint density at radius 3 is 2.60 bits per heavy atom. The summed E-state index contributed by atoms with van der Waals surface area (Å²) in [6.07, 6.45) is 3.49. The van der Waals surface area contributed by atoms with Crippen molar-refractivity contribution in [2.45, 2.75) is 6.92 Å². The van der Waals surface area contributed by atoms with E-state index in [0.29, 0.717) is 4.99 Å². The zero-order chi connectivity index (χ0) is 10.8. The van der Waals surface area contributed by atoms with E-state index in [-0.39, 0.29) is 0 Å². The molecule has 2 heterocycles. The third-order valence-electron chi connectivity index (χ3n) is 1.95. The van der Waals surface area contributed by atoms with E-state index in [1.54, 1.807) is 12.4 Å². The van der Waals surface area contributed by atoms with Gasteiger partial charge < -0.3 is 5.73 Å². The highest BCUT2D eigenvalue weighted by molar-refractivity contribution is 7.81. The van der Waals surface area contributed by atoms with Crippen molar-refractivity contribution < 1.29 is 0 Å². The lowest BCUT2D eigenvalue weighted by Crippen LogP contribution is -2.08. The van der Waals surface area contributed by atoms with Crippen LogP contribution in [0.1, 0.15) is 10.6 Å². The van der Waals surface area contributed by atoms with Crippen molar-refractivity contribution in [2.24, 2.45) is 5.73 Å². The summed E-state index contributed by atoms with van der Waals surface area (Å²) in [5.41, 5.74) is 7.53. The zero-order valence-corrected chi connectivity index (χ0v) is 9.73. The van der Waals surface area contributed by atoms with Crippen LogP contribution in [0.3, 0.4) is 0 Å². The van der Waals surface area contributed by atoms with E-state index in [1.807, 2.05) is 19.1 Å². The number of thiocarbonyl (C=S) groups is 1. The molecule has 0 unspecified atom stereocenters. The van der Waals surface area contributed by atoms with Crippen LogP contribution in [0.4, 0.5) is 0 Å². The van der Waals surface area contributed by atoms with Crippen molar-refractivity contribution >= 4 is 28.5 Å². The minimum Gasteiger partial charge on any atom is -0.389 e. The fraction of sp³-hybridized carbons (Fsp3) is 0.100. The number of hydrogen-bond acceptors (Lipinski definition) is 4. The summed E-state index contributed by atoms with van der Waals surface area (Å²) in [5.74, 6) is 0. The molecule has 0 fully saturated rings. The minimum absolute atomic E-state index is 0.408. The van der Waals surface area contributed by atoms with Gasteiger partial charge in [-0.1, -0.05) is 12.2 Å². The lowest BCUT2D eigenvalue weighted by atomic mass is 10.3. The third-order valence-corrected chi connectivity index (χ3v) is 3.52. The quantitative estimate of drug-likeness (QED) is 0.810. The minimum atomic E-state index is 0.408. The average molecular weight is 235 g/mol. The highest BCUT2D eigenvalue weighted by Crippen LogP contribution is 2.27. The molecule has 2 aromatic rings. The van der Waals surface area contributed by atoms with Crippen LogP contribution >= 0.6 is 23.6 Å². The Kier molecular flexibility index (Phi) is 2.75. The predicted octanol–water partition coefficient (Wildman–Crippen LogP) is 2.15. The van der Waals surface area contributed by atoms with Crippen LogP contribution in [-0.2, 0) is 0 Å². The Bertz CT molecular complexity index is 491. The van der Waals surface area contributed by atoms with Gasteiger partial charge >= 0.3 is 0 Å². The second kappa shape index (κ2) is 4.04. The molecule has 0 saturated heterocycles. The molecule has 0 aliphatic heterocycles.